The molecule has 4 amide bonds. The molecule has 0 bridgehead atoms. The van der Waals surface area contributed by atoms with Crippen LogP contribution in [0.1, 0.15) is 38.8 Å². The van der Waals surface area contributed by atoms with Gasteiger partial charge in [-0.05, 0) is 62.1 Å². The van der Waals surface area contributed by atoms with Crippen LogP contribution in [0.2, 0.25) is 0 Å². The van der Waals surface area contributed by atoms with Gasteiger partial charge in [-0.1, -0.05) is 36.4 Å². The molecule has 0 aliphatic carbocycles. The summed E-state index contributed by atoms with van der Waals surface area (Å²) in [5, 5.41) is 37.5. The van der Waals surface area contributed by atoms with Crippen molar-refractivity contribution in [1.29, 1.82) is 0 Å². The Morgan fingerprint density at radius 3 is 1.34 bits per heavy atom. The van der Waals surface area contributed by atoms with E-state index in [2.05, 4.69) is 31.9 Å². The Labute approximate surface area is 326 Å². The number of aliphatic hydroxyl groups excluding tert-OH is 2. The van der Waals surface area contributed by atoms with Gasteiger partial charge in [0.1, 0.15) is 34.7 Å². The quantitative estimate of drug-likeness (QED) is 0.0884. The van der Waals surface area contributed by atoms with E-state index in [9.17, 15) is 29.4 Å². The lowest BCUT2D eigenvalue weighted by atomic mass is 9.79. The Balaban J connectivity index is 1.79. The van der Waals surface area contributed by atoms with Gasteiger partial charge in [0, 0.05) is 60.9 Å². The third-order valence-electron chi connectivity index (χ3n) is 9.92. The van der Waals surface area contributed by atoms with E-state index >= 15 is 0 Å². The maximum Gasteiger partial charge on any atom is 0.247 e. The van der Waals surface area contributed by atoms with Crippen LogP contribution in [-0.2, 0) is 28.7 Å². The van der Waals surface area contributed by atoms with E-state index in [0.717, 1.165) is 11.1 Å². The van der Waals surface area contributed by atoms with Crippen molar-refractivity contribution in [2.24, 2.45) is 11.5 Å². The van der Waals surface area contributed by atoms with Crippen LogP contribution in [0.15, 0.2) is 83.6 Å². The lowest BCUT2D eigenvalue weighted by molar-refractivity contribution is -0.124. The van der Waals surface area contributed by atoms with Gasteiger partial charge in [-0.3, -0.25) is 29.8 Å². The number of benzene rings is 2. The van der Waals surface area contributed by atoms with Gasteiger partial charge in [-0.2, -0.15) is 0 Å². The van der Waals surface area contributed by atoms with E-state index in [0.29, 0.717) is 58.0 Å². The van der Waals surface area contributed by atoms with Crippen molar-refractivity contribution in [1.82, 2.24) is 31.9 Å². The number of primary amides is 2. The molecule has 0 radical (unpaired) electrons. The maximum atomic E-state index is 13.1. The van der Waals surface area contributed by atoms with Gasteiger partial charge in [0.15, 0.2) is 0 Å². The number of hydrogen-bond donors (Lipinski definition) is 10. The molecule has 2 aromatic carbocycles. The third kappa shape index (κ3) is 8.89. The van der Waals surface area contributed by atoms with E-state index < -0.39 is 48.2 Å². The molecular formula is C40H54N8O8. The number of dihydropyridines is 2. The van der Waals surface area contributed by atoms with Gasteiger partial charge in [-0.25, -0.2) is 0 Å². The fourth-order valence-electron chi connectivity index (χ4n) is 6.72. The molecule has 0 aromatic heterocycles. The molecule has 0 fully saturated rings. The zero-order valence-electron chi connectivity index (χ0n) is 32.7. The van der Waals surface area contributed by atoms with Crippen LogP contribution < -0.4 is 43.4 Å². The predicted octanol–water partition coefficient (Wildman–Crippen LogP) is -0.296. The summed E-state index contributed by atoms with van der Waals surface area (Å²) in [6.07, 6.45) is 3.22. The fraction of sp³-hybridized carbons (Fsp3) is 0.400. The molecule has 0 saturated heterocycles. The molecule has 12 N–H and O–H groups in total. The summed E-state index contributed by atoms with van der Waals surface area (Å²) in [7, 11) is 2.96. The summed E-state index contributed by atoms with van der Waals surface area (Å²) in [6, 6.07) is 13.1. The van der Waals surface area contributed by atoms with Crippen LogP contribution in [0.5, 0.6) is 0 Å². The van der Waals surface area contributed by atoms with Gasteiger partial charge in [0.25, 0.3) is 0 Å². The van der Waals surface area contributed by atoms with E-state index in [1.54, 1.807) is 40.1 Å². The minimum Gasteiger partial charge on any atom is -0.496 e. The van der Waals surface area contributed by atoms with Crippen LogP contribution in [0.25, 0.3) is 22.3 Å². The zero-order chi connectivity index (χ0) is 41.2. The average molecular weight is 775 g/mol. The highest BCUT2D eigenvalue weighted by Gasteiger charge is 2.43. The highest BCUT2D eigenvalue weighted by molar-refractivity contribution is 6.03. The molecule has 2 heterocycles. The molecule has 4 rings (SSSR count). The molecule has 4 atom stereocenters. The largest absolute Gasteiger partial charge is 0.496 e. The Morgan fingerprint density at radius 1 is 0.679 bits per heavy atom. The van der Waals surface area contributed by atoms with Crippen molar-refractivity contribution >= 4 is 34.8 Å². The molecule has 16 nitrogen and oxygen atoms in total. The van der Waals surface area contributed by atoms with Gasteiger partial charge >= 0.3 is 0 Å². The molecule has 56 heavy (non-hydrogen) atoms. The van der Waals surface area contributed by atoms with E-state index in [4.69, 9.17) is 20.9 Å². The lowest BCUT2D eigenvalue weighted by Crippen LogP contribution is -2.54. The number of methoxy groups -OCH3 is 2. The van der Waals surface area contributed by atoms with Gasteiger partial charge < -0.3 is 52.4 Å². The number of nitrogens with two attached hydrogens (primary N) is 2. The van der Waals surface area contributed by atoms with Crippen LogP contribution in [0.4, 0.5) is 0 Å². The molecule has 2 aromatic rings. The van der Waals surface area contributed by atoms with Crippen LogP contribution in [0, 0.1) is 0 Å². The maximum absolute atomic E-state index is 13.1. The first-order valence-electron chi connectivity index (χ1n) is 18.3. The number of amides is 4. The Kier molecular flexibility index (Phi) is 14.4. The van der Waals surface area contributed by atoms with E-state index in [-0.39, 0.29) is 24.9 Å². The summed E-state index contributed by atoms with van der Waals surface area (Å²) in [6.45, 7) is 7.04. The normalized spacial score (nSPS) is 20.4. The molecule has 0 spiro atoms. The van der Waals surface area contributed by atoms with Gasteiger partial charge in [-0.15, -0.1) is 0 Å². The minimum atomic E-state index is -1.40. The second-order valence-corrected chi connectivity index (χ2v) is 13.6. The number of carbonyl (C=O) groups is 4. The summed E-state index contributed by atoms with van der Waals surface area (Å²) < 4.78 is 11.8. The minimum absolute atomic E-state index is 0.112. The molecule has 2 unspecified atom stereocenters. The Hall–Kier alpha value is -5.68. The topological polar surface area (TPSA) is 251 Å². The third-order valence-corrected chi connectivity index (χ3v) is 9.92. The number of aliphatic hydroxyl groups is 2. The van der Waals surface area contributed by atoms with Crippen molar-refractivity contribution < 1.29 is 38.9 Å². The number of nitrogens with one attached hydrogen (secondary N) is 6. The van der Waals surface area contributed by atoms with Crippen molar-refractivity contribution in [2.75, 3.05) is 53.6 Å². The first-order valence-corrected chi connectivity index (χ1v) is 18.3. The summed E-state index contributed by atoms with van der Waals surface area (Å²) in [5.41, 5.74) is 14.0. The summed E-state index contributed by atoms with van der Waals surface area (Å²) in [4.78, 5) is 51.1. The van der Waals surface area contributed by atoms with Crippen molar-refractivity contribution in [2.45, 2.75) is 50.9 Å². The molecule has 302 valence electrons. The van der Waals surface area contributed by atoms with Crippen LogP contribution in [-0.4, -0.2) is 111 Å². The van der Waals surface area contributed by atoms with Crippen molar-refractivity contribution in [3.05, 3.63) is 94.7 Å². The number of carbonyl (C=O) groups excluding carboxylic acids is 4. The second kappa shape index (κ2) is 18.8. The molecule has 2 aliphatic rings. The molecule has 0 saturated carbocycles. The van der Waals surface area contributed by atoms with Crippen LogP contribution in [0.3, 0.4) is 0 Å². The number of hydrogen-bond acceptors (Lipinski definition) is 12. The second-order valence-electron chi connectivity index (χ2n) is 13.6. The first kappa shape index (κ1) is 43.1. The lowest BCUT2D eigenvalue weighted by Gasteiger charge is -2.36. The molecular weight excluding hydrogens is 720 g/mol. The van der Waals surface area contributed by atoms with Crippen LogP contribution >= 0.6 is 0 Å². The van der Waals surface area contributed by atoms with E-state index in [1.165, 1.54) is 14.2 Å². The predicted molar refractivity (Wildman–Crippen MR) is 212 cm³/mol. The monoisotopic (exact) mass is 774 g/mol. The zero-order valence-corrected chi connectivity index (χ0v) is 32.7. The SMILES string of the molecule is CCNC(=O)[C@@H](CO)NCC1=CNC(C)(C(N)=O)C(c2cccc(-c3cccc(C4=C(OC)C(CN[C@H](CO)C(=O)NCC)=CNC4(C)C(N)=O)c3)c2)=C1OC. The highest BCUT2D eigenvalue weighted by atomic mass is 16.5. The van der Waals surface area contributed by atoms with Crippen molar-refractivity contribution in [3.63, 3.8) is 0 Å². The molecule has 2 aliphatic heterocycles. The summed E-state index contributed by atoms with van der Waals surface area (Å²) in [5.74, 6) is -1.30. The molecule has 16 heteroatoms. The van der Waals surface area contributed by atoms with E-state index in [1.807, 2.05) is 48.5 Å². The smallest absolute Gasteiger partial charge is 0.247 e. The summed E-state index contributed by atoms with van der Waals surface area (Å²) >= 11 is 0. The Morgan fingerprint density at radius 2 is 1.04 bits per heavy atom. The Bertz CT molecular complexity index is 1800. The highest BCUT2D eigenvalue weighted by Crippen LogP contribution is 2.40. The van der Waals surface area contributed by atoms with Gasteiger partial charge in [0.2, 0.25) is 23.6 Å². The standard InChI is InChI=1S/C40H54N8O8/c1-7-43-35(51)29(21-49)45-17-27-19-47-39(3,37(41)53)31(33(27)55-5)25-13-9-11-23(15-25)24-12-10-14-26(16-24)32-34(56-6)28(20-48-40(32,4)38(42)54)18-46-30(22-50)36(52)44-8-2/h9-16,19-20,29-30,45-50H,7-8,17-18,21-22H2,1-6H3,(H2,41,53)(H2,42,54)(H,43,51)(H,44,52)/t29-,30-,39?,40?/m1/s1. The number of ether oxygens (including phenoxy) is 2. The number of likely N-dealkylation sites (N-methyl/N-ethyl adjacent to an activating group) is 2. The fourth-order valence-corrected chi connectivity index (χ4v) is 6.72. The average Bonchev–Trinajstić information content (AvgIpc) is 3.19. The first-order chi connectivity index (χ1) is 26.7. The number of rotatable bonds is 19. The van der Waals surface area contributed by atoms with Gasteiger partial charge in [0.05, 0.1) is 27.4 Å². The van der Waals surface area contributed by atoms with Crippen molar-refractivity contribution in [3.8, 4) is 11.1 Å².